The van der Waals surface area contributed by atoms with Crippen LogP contribution in [-0.4, -0.2) is 43.8 Å². The first kappa shape index (κ1) is 21.4. The second-order valence-corrected chi connectivity index (χ2v) is 9.81. The van der Waals surface area contributed by atoms with Crippen LogP contribution in [0.1, 0.15) is 31.0 Å². The van der Waals surface area contributed by atoms with Crippen LogP contribution in [0.25, 0.3) is 10.9 Å². The first-order valence-electron chi connectivity index (χ1n) is 10.5. The first-order valence-corrected chi connectivity index (χ1v) is 11.9. The quantitative estimate of drug-likeness (QED) is 0.585. The normalized spacial score (nSPS) is 13.9. The minimum atomic E-state index is -3.80. The molecule has 0 saturated heterocycles. The Balaban J connectivity index is 1.48. The molecule has 1 heterocycles. The maximum Gasteiger partial charge on any atom is 0.243 e. The van der Waals surface area contributed by atoms with Gasteiger partial charge < -0.3 is 15.0 Å². The molecule has 0 atom stereocenters. The van der Waals surface area contributed by atoms with Crippen molar-refractivity contribution in [3.8, 4) is 5.75 Å². The molecule has 3 aromatic rings. The van der Waals surface area contributed by atoms with Crippen molar-refractivity contribution in [1.82, 2.24) is 9.29 Å². The van der Waals surface area contributed by atoms with E-state index in [1.165, 1.54) is 18.3 Å². The number of H-pyrrole nitrogens is 1. The third kappa shape index (κ3) is 4.45. The fraction of sp³-hybridized carbons (Fsp3) is 0.348. The number of fused-ring (bicyclic) bond motifs is 3. The van der Waals surface area contributed by atoms with Gasteiger partial charge in [-0.05, 0) is 80.6 Å². The summed E-state index contributed by atoms with van der Waals surface area (Å²) in [5.41, 5.74) is 3.97. The summed E-state index contributed by atoms with van der Waals surface area (Å²) in [6.45, 7) is 2.18. The first-order chi connectivity index (χ1) is 14.9. The molecule has 0 spiro atoms. The number of likely N-dealkylation sites (N-methyl/N-ethyl adjacent to an activating group) is 1. The standard InChI is InChI=1S/C23H27N3O4S/c1-3-30-17-10-8-16(9-11-17)24-23(27)15-26(2)31(28,29)18-12-13-22-20(14-18)19-6-4-5-7-21(19)25-22/h8-14,25H,3-7,15H2,1-2H3,(H,24,27). The second kappa shape index (κ2) is 8.72. The van der Waals surface area contributed by atoms with Gasteiger partial charge in [-0.25, -0.2) is 8.42 Å². The zero-order chi connectivity index (χ0) is 22.0. The number of carbonyl (C=O) groups excluding carboxylic acids is 1. The van der Waals surface area contributed by atoms with Gasteiger partial charge in [-0.1, -0.05) is 0 Å². The smallest absolute Gasteiger partial charge is 0.243 e. The third-order valence-electron chi connectivity index (χ3n) is 5.59. The summed E-state index contributed by atoms with van der Waals surface area (Å²) in [6, 6.07) is 12.1. The molecule has 0 unspecified atom stereocenters. The van der Waals surface area contributed by atoms with Crippen LogP contribution in [0.3, 0.4) is 0 Å². The van der Waals surface area contributed by atoms with Crippen LogP contribution in [0.5, 0.6) is 5.75 Å². The van der Waals surface area contributed by atoms with Gasteiger partial charge >= 0.3 is 0 Å². The molecule has 2 N–H and O–H groups in total. The predicted octanol–water partition coefficient (Wildman–Crippen LogP) is 3.70. The average Bonchev–Trinajstić information content (AvgIpc) is 3.13. The number of hydrogen-bond acceptors (Lipinski definition) is 4. The molecule has 1 aliphatic carbocycles. The molecule has 0 radical (unpaired) electrons. The van der Waals surface area contributed by atoms with E-state index >= 15 is 0 Å². The number of ether oxygens (including phenoxy) is 1. The third-order valence-corrected chi connectivity index (χ3v) is 7.39. The Labute approximate surface area is 182 Å². The van der Waals surface area contributed by atoms with Crippen molar-refractivity contribution in [2.24, 2.45) is 0 Å². The number of benzene rings is 2. The van der Waals surface area contributed by atoms with E-state index in [4.69, 9.17) is 4.74 Å². The van der Waals surface area contributed by atoms with Gasteiger partial charge in [0.05, 0.1) is 18.0 Å². The number of carbonyl (C=O) groups is 1. The summed E-state index contributed by atoms with van der Waals surface area (Å²) in [4.78, 5) is 16.0. The second-order valence-electron chi connectivity index (χ2n) is 7.76. The summed E-state index contributed by atoms with van der Waals surface area (Å²) in [5, 5.41) is 3.69. The lowest BCUT2D eigenvalue weighted by molar-refractivity contribution is -0.116. The zero-order valence-electron chi connectivity index (χ0n) is 17.8. The van der Waals surface area contributed by atoms with Crippen LogP contribution in [0.4, 0.5) is 5.69 Å². The molecule has 1 aliphatic rings. The van der Waals surface area contributed by atoms with Crippen molar-refractivity contribution in [2.75, 3.05) is 25.5 Å². The lowest BCUT2D eigenvalue weighted by Crippen LogP contribution is -2.34. The molecule has 1 aromatic heterocycles. The molecule has 0 bridgehead atoms. The molecular weight excluding hydrogens is 414 g/mol. The summed E-state index contributed by atoms with van der Waals surface area (Å²) < 4.78 is 32.6. The highest BCUT2D eigenvalue weighted by molar-refractivity contribution is 7.89. The number of rotatable bonds is 7. The van der Waals surface area contributed by atoms with E-state index in [2.05, 4.69) is 10.3 Å². The van der Waals surface area contributed by atoms with Crippen LogP contribution >= 0.6 is 0 Å². The molecule has 7 nitrogen and oxygen atoms in total. The average molecular weight is 442 g/mol. The molecule has 0 fully saturated rings. The molecule has 2 aromatic carbocycles. The zero-order valence-corrected chi connectivity index (χ0v) is 18.6. The lowest BCUT2D eigenvalue weighted by atomic mass is 9.96. The highest BCUT2D eigenvalue weighted by Gasteiger charge is 2.25. The van der Waals surface area contributed by atoms with Gasteiger partial charge in [0.15, 0.2) is 0 Å². The number of hydrogen-bond donors (Lipinski definition) is 2. The largest absolute Gasteiger partial charge is 0.494 e. The van der Waals surface area contributed by atoms with Crippen molar-refractivity contribution in [2.45, 2.75) is 37.5 Å². The fourth-order valence-corrected chi connectivity index (χ4v) is 5.17. The summed E-state index contributed by atoms with van der Waals surface area (Å²) in [7, 11) is -2.38. The Morgan fingerprint density at radius 2 is 1.87 bits per heavy atom. The number of amides is 1. The van der Waals surface area contributed by atoms with Crippen LogP contribution in [-0.2, 0) is 27.7 Å². The van der Waals surface area contributed by atoms with E-state index in [0.29, 0.717) is 18.0 Å². The molecule has 31 heavy (non-hydrogen) atoms. The molecule has 164 valence electrons. The summed E-state index contributed by atoms with van der Waals surface area (Å²) in [5.74, 6) is 0.304. The number of nitrogens with one attached hydrogen (secondary N) is 2. The number of nitrogens with zero attached hydrogens (tertiary/aromatic N) is 1. The lowest BCUT2D eigenvalue weighted by Gasteiger charge is -2.17. The molecular formula is C23H27N3O4S. The van der Waals surface area contributed by atoms with Crippen LogP contribution in [0.15, 0.2) is 47.4 Å². The summed E-state index contributed by atoms with van der Waals surface area (Å²) in [6.07, 6.45) is 4.22. The van der Waals surface area contributed by atoms with Gasteiger partial charge in [0.2, 0.25) is 15.9 Å². The Hall–Kier alpha value is -2.84. The number of anilines is 1. The number of aromatic amines is 1. The van der Waals surface area contributed by atoms with Crippen molar-refractivity contribution in [3.63, 3.8) is 0 Å². The van der Waals surface area contributed by atoms with E-state index in [0.717, 1.165) is 40.9 Å². The van der Waals surface area contributed by atoms with E-state index in [1.807, 2.05) is 13.0 Å². The van der Waals surface area contributed by atoms with Gasteiger partial charge in [0, 0.05) is 29.3 Å². The van der Waals surface area contributed by atoms with Crippen molar-refractivity contribution < 1.29 is 17.9 Å². The summed E-state index contributed by atoms with van der Waals surface area (Å²) >= 11 is 0. The minimum absolute atomic E-state index is 0.198. The van der Waals surface area contributed by atoms with Gasteiger partial charge in [-0.15, -0.1) is 0 Å². The highest BCUT2D eigenvalue weighted by Crippen LogP contribution is 2.31. The van der Waals surface area contributed by atoms with Crippen molar-refractivity contribution >= 4 is 32.5 Å². The molecule has 8 heteroatoms. The van der Waals surface area contributed by atoms with Crippen molar-refractivity contribution in [1.29, 1.82) is 0 Å². The van der Waals surface area contributed by atoms with Crippen LogP contribution < -0.4 is 10.1 Å². The number of aromatic nitrogens is 1. The Kier molecular flexibility index (Phi) is 6.02. The van der Waals surface area contributed by atoms with E-state index in [1.54, 1.807) is 36.4 Å². The monoisotopic (exact) mass is 441 g/mol. The van der Waals surface area contributed by atoms with Crippen LogP contribution in [0.2, 0.25) is 0 Å². The van der Waals surface area contributed by atoms with Gasteiger partial charge in [-0.3, -0.25) is 4.79 Å². The Morgan fingerprint density at radius 1 is 1.13 bits per heavy atom. The van der Waals surface area contributed by atoms with E-state index in [-0.39, 0.29) is 11.4 Å². The van der Waals surface area contributed by atoms with Gasteiger partial charge in [-0.2, -0.15) is 4.31 Å². The molecule has 1 amide bonds. The molecule has 0 saturated carbocycles. The topological polar surface area (TPSA) is 91.5 Å². The van der Waals surface area contributed by atoms with Crippen molar-refractivity contribution in [3.05, 3.63) is 53.7 Å². The van der Waals surface area contributed by atoms with Gasteiger partial charge in [0.1, 0.15) is 5.75 Å². The van der Waals surface area contributed by atoms with E-state index in [9.17, 15) is 13.2 Å². The SMILES string of the molecule is CCOc1ccc(NC(=O)CN(C)S(=O)(=O)c2ccc3[nH]c4c(c3c2)CCCC4)cc1. The maximum absolute atomic E-state index is 13.1. The highest BCUT2D eigenvalue weighted by atomic mass is 32.2. The number of aryl methyl sites for hydroxylation is 2. The Bertz CT molecular complexity index is 1200. The fourth-order valence-electron chi connectivity index (χ4n) is 4.01. The number of sulfonamides is 1. The maximum atomic E-state index is 13.1. The molecule has 4 rings (SSSR count). The van der Waals surface area contributed by atoms with E-state index < -0.39 is 15.9 Å². The minimum Gasteiger partial charge on any atom is -0.494 e. The molecule has 0 aliphatic heterocycles. The predicted molar refractivity (Wildman–Crippen MR) is 121 cm³/mol. The Morgan fingerprint density at radius 3 is 2.61 bits per heavy atom. The van der Waals surface area contributed by atoms with Crippen LogP contribution in [0, 0.1) is 0 Å². The van der Waals surface area contributed by atoms with Gasteiger partial charge in [0.25, 0.3) is 0 Å².